The summed E-state index contributed by atoms with van der Waals surface area (Å²) in [6.07, 6.45) is 1.95. The van der Waals surface area contributed by atoms with Crippen molar-refractivity contribution in [1.29, 1.82) is 0 Å². The van der Waals surface area contributed by atoms with Crippen LogP contribution < -0.4 is 0 Å². The van der Waals surface area contributed by atoms with Crippen LogP contribution in [0.25, 0.3) is 0 Å². The first-order valence-electron chi connectivity index (χ1n) is 6.93. The van der Waals surface area contributed by atoms with Gasteiger partial charge in [-0.15, -0.1) is 0 Å². The SMILES string of the molecule is CCOC(=O)C1CCCN(Cc2ccc(Br)cc2Cl)C1. The van der Waals surface area contributed by atoms with Crippen molar-refractivity contribution in [2.24, 2.45) is 5.92 Å². The van der Waals surface area contributed by atoms with E-state index >= 15 is 0 Å². The third kappa shape index (κ3) is 4.21. The molecule has 1 fully saturated rings. The minimum Gasteiger partial charge on any atom is -0.466 e. The predicted molar refractivity (Wildman–Crippen MR) is 83.8 cm³/mol. The Hall–Kier alpha value is -0.580. The van der Waals surface area contributed by atoms with Crippen molar-refractivity contribution in [1.82, 2.24) is 4.90 Å². The van der Waals surface area contributed by atoms with Crippen molar-refractivity contribution in [3.8, 4) is 0 Å². The van der Waals surface area contributed by atoms with E-state index in [-0.39, 0.29) is 11.9 Å². The van der Waals surface area contributed by atoms with Gasteiger partial charge in [-0.05, 0) is 44.0 Å². The zero-order valence-electron chi connectivity index (χ0n) is 11.6. The molecule has 0 aromatic heterocycles. The van der Waals surface area contributed by atoms with Crippen LogP contribution in [-0.2, 0) is 16.1 Å². The maximum absolute atomic E-state index is 11.8. The summed E-state index contributed by atoms with van der Waals surface area (Å²) in [5.74, 6) is -0.0722. The smallest absolute Gasteiger partial charge is 0.310 e. The highest BCUT2D eigenvalue weighted by Gasteiger charge is 2.26. The highest BCUT2D eigenvalue weighted by atomic mass is 79.9. The van der Waals surface area contributed by atoms with Crippen LogP contribution in [0.2, 0.25) is 5.02 Å². The number of esters is 1. The third-order valence-corrected chi connectivity index (χ3v) is 4.38. The molecule has 2 rings (SSSR count). The average Bonchev–Trinajstić information content (AvgIpc) is 2.43. The molecular weight excluding hydrogens is 342 g/mol. The van der Waals surface area contributed by atoms with Gasteiger partial charge in [0.15, 0.2) is 0 Å². The number of ether oxygens (including phenoxy) is 1. The molecule has 20 heavy (non-hydrogen) atoms. The molecule has 0 bridgehead atoms. The lowest BCUT2D eigenvalue weighted by Gasteiger charge is -2.31. The van der Waals surface area contributed by atoms with Crippen molar-refractivity contribution in [3.63, 3.8) is 0 Å². The third-order valence-electron chi connectivity index (χ3n) is 3.53. The van der Waals surface area contributed by atoms with Crippen molar-refractivity contribution < 1.29 is 9.53 Å². The van der Waals surface area contributed by atoms with Crippen molar-refractivity contribution in [3.05, 3.63) is 33.3 Å². The Labute approximate surface area is 133 Å². The highest BCUT2D eigenvalue weighted by Crippen LogP contribution is 2.25. The molecule has 1 aliphatic heterocycles. The molecule has 0 N–H and O–H groups in total. The fourth-order valence-corrected chi connectivity index (χ4v) is 3.28. The predicted octanol–water partition coefficient (Wildman–Crippen LogP) is 3.88. The molecule has 0 radical (unpaired) electrons. The van der Waals surface area contributed by atoms with Crippen LogP contribution in [0.15, 0.2) is 22.7 Å². The second-order valence-corrected chi connectivity index (χ2v) is 6.38. The van der Waals surface area contributed by atoms with Gasteiger partial charge in [0.1, 0.15) is 0 Å². The number of rotatable bonds is 4. The van der Waals surface area contributed by atoms with Crippen molar-refractivity contribution in [2.75, 3.05) is 19.7 Å². The van der Waals surface area contributed by atoms with Crippen LogP contribution in [0, 0.1) is 5.92 Å². The fraction of sp³-hybridized carbons (Fsp3) is 0.533. The van der Waals surface area contributed by atoms with Gasteiger partial charge in [0.2, 0.25) is 0 Å². The number of hydrogen-bond donors (Lipinski definition) is 0. The van der Waals surface area contributed by atoms with E-state index in [0.29, 0.717) is 6.61 Å². The Balaban J connectivity index is 1.97. The first-order chi connectivity index (χ1) is 9.60. The lowest BCUT2D eigenvalue weighted by molar-refractivity contribution is -0.150. The number of piperidine rings is 1. The van der Waals surface area contributed by atoms with Crippen LogP contribution in [0.1, 0.15) is 25.3 Å². The molecular formula is C15H19BrClNO2. The summed E-state index contributed by atoms with van der Waals surface area (Å²) in [5.41, 5.74) is 1.10. The molecule has 0 saturated carbocycles. The minimum atomic E-state index is -0.0703. The van der Waals surface area contributed by atoms with Gasteiger partial charge in [0.05, 0.1) is 12.5 Å². The molecule has 0 aliphatic carbocycles. The van der Waals surface area contributed by atoms with Crippen molar-refractivity contribution in [2.45, 2.75) is 26.3 Å². The first-order valence-corrected chi connectivity index (χ1v) is 8.10. The Morgan fingerprint density at radius 3 is 3.05 bits per heavy atom. The summed E-state index contributed by atoms with van der Waals surface area (Å²) in [6, 6.07) is 5.93. The summed E-state index contributed by atoms with van der Waals surface area (Å²) in [6.45, 7) is 4.84. The Kier molecular flexibility index (Phi) is 5.87. The van der Waals surface area contributed by atoms with Gasteiger partial charge in [0, 0.05) is 22.6 Å². The lowest BCUT2D eigenvalue weighted by Crippen LogP contribution is -2.38. The standard InChI is InChI=1S/C15H19BrClNO2/c1-2-20-15(19)12-4-3-7-18(10-12)9-11-5-6-13(16)8-14(11)17/h5-6,8,12H,2-4,7,9-10H2,1H3. The Bertz CT molecular complexity index is 481. The molecule has 1 unspecified atom stereocenters. The van der Waals surface area contributed by atoms with E-state index in [1.54, 1.807) is 0 Å². The topological polar surface area (TPSA) is 29.5 Å². The van der Waals surface area contributed by atoms with Gasteiger partial charge in [-0.3, -0.25) is 9.69 Å². The van der Waals surface area contributed by atoms with E-state index in [1.165, 1.54) is 0 Å². The zero-order chi connectivity index (χ0) is 14.5. The first kappa shape index (κ1) is 15.8. The molecule has 1 saturated heterocycles. The van der Waals surface area contributed by atoms with E-state index in [0.717, 1.165) is 47.5 Å². The maximum atomic E-state index is 11.8. The second-order valence-electron chi connectivity index (χ2n) is 5.06. The van der Waals surface area contributed by atoms with Gasteiger partial charge < -0.3 is 4.74 Å². The fourth-order valence-electron chi connectivity index (χ4n) is 2.54. The Morgan fingerprint density at radius 2 is 2.35 bits per heavy atom. The molecule has 3 nitrogen and oxygen atoms in total. The van der Waals surface area contributed by atoms with Gasteiger partial charge >= 0.3 is 5.97 Å². The quantitative estimate of drug-likeness (QED) is 0.763. The zero-order valence-corrected chi connectivity index (χ0v) is 13.9. The number of benzene rings is 1. The van der Waals surface area contributed by atoms with Gasteiger partial charge in [-0.1, -0.05) is 33.6 Å². The molecule has 1 aromatic rings. The van der Waals surface area contributed by atoms with Crippen LogP contribution in [-0.4, -0.2) is 30.6 Å². The summed E-state index contributed by atoms with van der Waals surface area (Å²) < 4.78 is 6.10. The average molecular weight is 361 g/mol. The summed E-state index contributed by atoms with van der Waals surface area (Å²) in [5, 5.41) is 0.762. The van der Waals surface area contributed by atoms with E-state index in [9.17, 15) is 4.79 Å². The monoisotopic (exact) mass is 359 g/mol. The van der Waals surface area contributed by atoms with Gasteiger partial charge in [-0.25, -0.2) is 0 Å². The summed E-state index contributed by atoms with van der Waals surface area (Å²) in [7, 11) is 0. The maximum Gasteiger partial charge on any atom is 0.310 e. The molecule has 1 atom stereocenters. The normalized spacial score (nSPS) is 19.9. The second kappa shape index (κ2) is 7.43. The van der Waals surface area contributed by atoms with E-state index < -0.39 is 0 Å². The molecule has 1 aliphatic rings. The molecule has 1 aromatic carbocycles. The molecule has 0 spiro atoms. The largest absolute Gasteiger partial charge is 0.466 e. The van der Waals surface area contributed by atoms with E-state index in [2.05, 4.69) is 20.8 Å². The molecule has 0 amide bonds. The molecule has 1 heterocycles. The van der Waals surface area contributed by atoms with Gasteiger partial charge in [-0.2, -0.15) is 0 Å². The van der Waals surface area contributed by atoms with Crippen molar-refractivity contribution >= 4 is 33.5 Å². The number of carbonyl (C=O) groups excluding carboxylic acids is 1. The number of likely N-dealkylation sites (tertiary alicyclic amines) is 1. The van der Waals surface area contributed by atoms with E-state index in [4.69, 9.17) is 16.3 Å². The molecule has 5 heteroatoms. The molecule has 110 valence electrons. The minimum absolute atomic E-state index is 0.00192. The van der Waals surface area contributed by atoms with Crippen LogP contribution >= 0.6 is 27.5 Å². The highest BCUT2D eigenvalue weighted by molar-refractivity contribution is 9.10. The lowest BCUT2D eigenvalue weighted by atomic mass is 9.98. The van der Waals surface area contributed by atoms with Crippen LogP contribution in [0.3, 0.4) is 0 Å². The van der Waals surface area contributed by atoms with Gasteiger partial charge in [0.25, 0.3) is 0 Å². The number of carbonyl (C=O) groups is 1. The van der Waals surface area contributed by atoms with Crippen LogP contribution in [0.4, 0.5) is 0 Å². The summed E-state index contributed by atoms with van der Waals surface area (Å²) >= 11 is 9.66. The number of hydrogen-bond acceptors (Lipinski definition) is 3. The Morgan fingerprint density at radius 1 is 1.55 bits per heavy atom. The van der Waals surface area contributed by atoms with Crippen LogP contribution in [0.5, 0.6) is 0 Å². The number of nitrogens with zero attached hydrogens (tertiary/aromatic N) is 1. The summed E-state index contributed by atoms with van der Waals surface area (Å²) in [4.78, 5) is 14.1. The number of halogens is 2. The van der Waals surface area contributed by atoms with E-state index in [1.807, 2.05) is 25.1 Å².